The first-order chi connectivity index (χ1) is 5.54. The van der Waals surface area contributed by atoms with E-state index >= 15 is 0 Å². The highest BCUT2D eigenvalue weighted by Crippen LogP contribution is 1.76. The molecule has 2 N–H and O–H groups in total. The maximum atomic E-state index is 9.70. The summed E-state index contributed by atoms with van der Waals surface area (Å²) in [6.07, 6.45) is 0. The number of rotatable bonds is 4. The highest BCUT2D eigenvalue weighted by Gasteiger charge is 1.87. The molecule has 6 heteroatoms. The Bertz CT molecular complexity index is 124. The molecule has 0 aliphatic rings. The second kappa shape index (κ2) is 10.3. The number of methoxy groups -OCH3 is 2. The molecule has 0 bridgehead atoms. The van der Waals surface area contributed by atoms with E-state index < -0.39 is 11.1 Å². The summed E-state index contributed by atoms with van der Waals surface area (Å²) in [6, 6.07) is 0. The predicted octanol–water partition coefficient (Wildman–Crippen LogP) is -0.484. The van der Waals surface area contributed by atoms with Crippen molar-refractivity contribution in [2.45, 2.75) is 0 Å². The first-order valence-corrected chi connectivity index (χ1v) is 3.36. The maximum Gasteiger partial charge on any atom is 0.247 e. The van der Waals surface area contributed by atoms with Gasteiger partial charge in [0.05, 0.1) is 0 Å². The summed E-state index contributed by atoms with van der Waals surface area (Å²) < 4.78 is 8.65. The molecule has 0 aromatic rings. The van der Waals surface area contributed by atoms with Gasteiger partial charge in [0.2, 0.25) is 11.1 Å². The van der Waals surface area contributed by atoms with Crippen molar-refractivity contribution in [1.29, 1.82) is 0 Å². The summed E-state index contributed by atoms with van der Waals surface area (Å²) in [4.78, 5) is 19.4. The Morgan fingerprint density at radius 1 is 1.25 bits per heavy atom. The van der Waals surface area contributed by atoms with Gasteiger partial charge in [0, 0.05) is 14.2 Å². The van der Waals surface area contributed by atoms with Gasteiger partial charge >= 0.3 is 0 Å². The van der Waals surface area contributed by atoms with Crippen molar-refractivity contribution in [3.63, 3.8) is 0 Å². The van der Waals surface area contributed by atoms with Gasteiger partial charge in [0.25, 0.3) is 0 Å². The van der Waals surface area contributed by atoms with Crippen molar-refractivity contribution in [3.8, 4) is 0 Å². The van der Waals surface area contributed by atoms with Crippen LogP contribution in [0.2, 0.25) is 0 Å². The molecule has 0 aliphatic heterocycles. The minimum atomic E-state index is -0.461. The lowest BCUT2D eigenvalue weighted by atomic mass is 10.7. The summed E-state index contributed by atoms with van der Waals surface area (Å²) in [5, 5.41) is -0.461. The van der Waals surface area contributed by atoms with Gasteiger partial charge in [-0.1, -0.05) is 0 Å². The largest absolute Gasteiger partial charge is 0.376 e. The van der Waals surface area contributed by atoms with Crippen molar-refractivity contribution in [1.82, 2.24) is 0 Å². The number of carbonyl (C=O) groups excluding carboxylic acids is 2. The van der Waals surface area contributed by atoms with Crippen LogP contribution in [0.1, 0.15) is 0 Å². The van der Waals surface area contributed by atoms with E-state index in [-0.39, 0.29) is 13.2 Å². The predicted molar refractivity (Wildman–Crippen MR) is 43.8 cm³/mol. The molecule has 0 saturated heterocycles. The molecule has 0 aromatic carbocycles. The zero-order valence-corrected chi connectivity index (χ0v) is 7.76. The van der Waals surface area contributed by atoms with E-state index in [9.17, 15) is 9.59 Å². The molecule has 5 nitrogen and oxygen atoms in total. The van der Waals surface area contributed by atoms with Gasteiger partial charge < -0.3 is 15.2 Å². The third kappa shape index (κ3) is 22.8. The second-order valence-electron chi connectivity index (χ2n) is 1.69. The molecule has 12 heavy (non-hydrogen) atoms. The molecule has 0 heterocycles. The quantitative estimate of drug-likeness (QED) is 0.618. The molecule has 0 aliphatic carbocycles. The number of hydrogen-bond acceptors (Lipinski definition) is 4. The van der Waals surface area contributed by atoms with Gasteiger partial charge in [0.15, 0.2) is 0 Å². The Morgan fingerprint density at radius 2 is 1.67 bits per heavy atom. The molecule has 0 fully saturated rings. The number of halogens is 1. The van der Waals surface area contributed by atoms with Crippen LogP contribution in [0.15, 0.2) is 0 Å². The monoisotopic (exact) mass is 197 g/mol. The van der Waals surface area contributed by atoms with E-state index in [4.69, 9.17) is 11.6 Å². The lowest BCUT2D eigenvalue weighted by Gasteiger charge is -1.85. The molecule has 0 unspecified atom stereocenters. The molecular weight excluding hydrogens is 186 g/mol. The van der Waals surface area contributed by atoms with Crippen LogP contribution < -0.4 is 5.73 Å². The SMILES string of the molecule is COCC(=O)Cl.COCC(N)=O. The fourth-order valence-corrected chi connectivity index (χ4v) is 0.365. The third-order valence-corrected chi connectivity index (χ3v) is 0.654. The molecule has 0 saturated carbocycles. The van der Waals surface area contributed by atoms with E-state index in [1.165, 1.54) is 14.2 Å². The zero-order valence-electron chi connectivity index (χ0n) is 7.00. The minimum absolute atomic E-state index is 0.00154. The molecule has 0 spiro atoms. The van der Waals surface area contributed by atoms with Gasteiger partial charge in [-0.25, -0.2) is 0 Å². The summed E-state index contributed by atoms with van der Waals surface area (Å²) in [5.74, 6) is -0.433. The van der Waals surface area contributed by atoms with Crippen LogP contribution in [0.25, 0.3) is 0 Å². The average Bonchev–Trinajstić information content (AvgIpc) is 1.87. The lowest BCUT2D eigenvalue weighted by Crippen LogP contribution is -2.16. The van der Waals surface area contributed by atoms with Crippen molar-refractivity contribution in [2.75, 3.05) is 27.4 Å². The average molecular weight is 198 g/mol. The molecule has 0 atom stereocenters. The van der Waals surface area contributed by atoms with Crippen LogP contribution in [0.5, 0.6) is 0 Å². The lowest BCUT2D eigenvalue weighted by molar-refractivity contribution is -0.121. The Morgan fingerprint density at radius 3 is 1.67 bits per heavy atom. The fraction of sp³-hybridized carbons (Fsp3) is 0.667. The van der Waals surface area contributed by atoms with Gasteiger partial charge in [-0.15, -0.1) is 0 Å². The minimum Gasteiger partial charge on any atom is -0.376 e. The summed E-state index contributed by atoms with van der Waals surface area (Å²) in [7, 11) is 2.84. The smallest absolute Gasteiger partial charge is 0.247 e. The van der Waals surface area contributed by atoms with Crippen LogP contribution >= 0.6 is 11.6 Å². The maximum absolute atomic E-state index is 9.70. The number of hydrogen-bond donors (Lipinski definition) is 1. The Balaban J connectivity index is 0. The fourth-order valence-electron chi connectivity index (χ4n) is 0.256. The van der Waals surface area contributed by atoms with E-state index in [1.54, 1.807) is 0 Å². The van der Waals surface area contributed by atoms with Gasteiger partial charge in [-0.05, 0) is 11.6 Å². The first-order valence-electron chi connectivity index (χ1n) is 2.99. The zero-order chi connectivity index (χ0) is 9.98. The number of primary amides is 1. The highest BCUT2D eigenvalue weighted by atomic mass is 35.5. The van der Waals surface area contributed by atoms with E-state index in [0.717, 1.165) is 0 Å². The van der Waals surface area contributed by atoms with Crippen LogP contribution in [0.3, 0.4) is 0 Å². The van der Waals surface area contributed by atoms with Crippen LogP contribution in [0.4, 0.5) is 0 Å². The number of amides is 1. The molecule has 0 radical (unpaired) electrons. The summed E-state index contributed by atoms with van der Waals surface area (Å²) in [5.41, 5.74) is 4.64. The molecular formula is C6H12ClNO4. The highest BCUT2D eigenvalue weighted by molar-refractivity contribution is 6.63. The van der Waals surface area contributed by atoms with Gasteiger partial charge in [-0.3, -0.25) is 9.59 Å². The van der Waals surface area contributed by atoms with Crippen molar-refractivity contribution in [3.05, 3.63) is 0 Å². The van der Waals surface area contributed by atoms with Gasteiger partial charge in [-0.2, -0.15) is 0 Å². The number of carbonyl (C=O) groups is 2. The summed E-state index contributed by atoms with van der Waals surface area (Å²) in [6.45, 7) is 0.0154. The first kappa shape index (κ1) is 13.9. The van der Waals surface area contributed by atoms with Crippen LogP contribution in [-0.2, 0) is 19.1 Å². The van der Waals surface area contributed by atoms with Crippen molar-refractivity contribution < 1.29 is 19.1 Å². The molecule has 0 aromatic heterocycles. The molecule has 1 amide bonds. The Hall–Kier alpha value is -0.650. The number of nitrogens with two attached hydrogens (primary N) is 1. The second-order valence-corrected chi connectivity index (χ2v) is 2.11. The topological polar surface area (TPSA) is 78.6 Å². The number of ether oxygens (including phenoxy) is 2. The molecule has 0 rings (SSSR count). The van der Waals surface area contributed by atoms with E-state index in [2.05, 4.69) is 15.2 Å². The van der Waals surface area contributed by atoms with Crippen molar-refractivity contribution >= 4 is 22.8 Å². The van der Waals surface area contributed by atoms with Crippen molar-refractivity contribution in [2.24, 2.45) is 5.73 Å². The van der Waals surface area contributed by atoms with E-state index in [0.29, 0.717) is 0 Å². The third-order valence-electron chi connectivity index (χ3n) is 0.544. The van der Waals surface area contributed by atoms with E-state index in [1.807, 2.05) is 0 Å². The normalized spacial score (nSPS) is 8.25. The molecule has 72 valence electrons. The Kier molecular flexibility index (Phi) is 12.0. The Labute approximate surface area is 75.8 Å². The van der Waals surface area contributed by atoms with Gasteiger partial charge in [0.1, 0.15) is 13.2 Å². The standard InChI is InChI=1S/C3H5ClO2.C3H7NO2/c2*1-6-2-3(4)5/h2H2,1H3;2H2,1H3,(H2,4,5). The summed E-state index contributed by atoms with van der Waals surface area (Å²) >= 11 is 4.81. The van der Waals surface area contributed by atoms with Crippen LogP contribution in [-0.4, -0.2) is 38.6 Å². The van der Waals surface area contributed by atoms with Crippen LogP contribution in [0, 0.1) is 0 Å².